The maximum Gasteiger partial charge on any atom is 0.247 e. The topological polar surface area (TPSA) is 46.6 Å². The Morgan fingerprint density at radius 2 is 1.74 bits per heavy atom. The van der Waals surface area contributed by atoms with Crippen LogP contribution in [-0.4, -0.2) is 10.8 Å². The third-order valence-electron chi connectivity index (χ3n) is 3.32. The molecule has 3 rings (SSSR count). The summed E-state index contributed by atoms with van der Waals surface area (Å²) in [6.45, 7) is 2.85. The van der Waals surface area contributed by atoms with Gasteiger partial charge in [0.05, 0.1) is 25.6 Å². The van der Waals surface area contributed by atoms with Gasteiger partial charge in [0.2, 0.25) is 5.91 Å². The fourth-order valence-electron chi connectivity index (χ4n) is 2.19. The standard InChI is InChI=1S/C18H17NO3S/c1-14-6-7-17(23-14)8-9-18(20)19(12-15-4-2-10-21-15)13-16-5-3-11-22-16/h2-11H,12-13H2,1H3. The summed E-state index contributed by atoms with van der Waals surface area (Å²) in [6.07, 6.45) is 6.65. The summed E-state index contributed by atoms with van der Waals surface area (Å²) >= 11 is 1.66. The molecule has 0 aliphatic rings. The molecule has 0 bridgehead atoms. The number of hydrogen-bond acceptors (Lipinski definition) is 4. The Bertz CT molecular complexity index is 733. The number of carbonyl (C=O) groups is 1. The number of furan rings is 2. The van der Waals surface area contributed by atoms with Crippen LogP contribution in [0.2, 0.25) is 0 Å². The van der Waals surface area contributed by atoms with Crippen molar-refractivity contribution in [1.82, 2.24) is 4.90 Å². The quantitative estimate of drug-likeness (QED) is 0.627. The summed E-state index contributed by atoms with van der Waals surface area (Å²) in [5.74, 6) is 1.40. The zero-order valence-electron chi connectivity index (χ0n) is 12.8. The molecule has 3 aromatic heterocycles. The monoisotopic (exact) mass is 327 g/mol. The third kappa shape index (κ3) is 4.23. The second-order valence-corrected chi connectivity index (χ2v) is 6.45. The first-order chi connectivity index (χ1) is 11.2. The number of amides is 1. The van der Waals surface area contributed by atoms with Gasteiger partial charge in [0.1, 0.15) is 11.5 Å². The molecule has 0 atom stereocenters. The first-order valence-electron chi connectivity index (χ1n) is 7.29. The fraction of sp³-hybridized carbons (Fsp3) is 0.167. The van der Waals surface area contributed by atoms with Gasteiger partial charge in [-0.2, -0.15) is 0 Å². The summed E-state index contributed by atoms with van der Waals surface area (Å²) in [5, 5.41) is 0. The fourth-order valence-corrected chi connectivity index (χ4v) is 2.97. The lowest BCUT2D eigenvalue weighted by molar-refractivity contribution is -0.127. The highest BCUT2D eigenvalue weighted by molar-refractivity contribution is 7.12. The van der Waals surface area contributed by atoms with Crippen molar-refractivity contribution in [2.45, 2.75) is 20.0 Å². The SMILES string of the molecule is Cc1ccc(C=CC(=O)N(Cc2ccco2)Cc2ccco2)s1. The largest absolute Gasteiger partial charge is 0.467 e. The van der Waals surface area contributed by atoms with Crippen molar-refractivity contribution in [2.75, 3.05) is 0 Å². The van der Waals surface area contributed by atoms with E-state index in [9.17, 15) is 4.79 Å². The van der Waals surface area contributed by atoms with E-state index in [-0.39, 0.29) is 5.91 Å². The average molecular weight is 327 g/mol. The minimum absolute atomic E-state index is 0.0798. The van der Waals surface area contributed by atoms with E-state index in [4.69, 9.17) is 8.83 Å². The molecule has 0 saturated carbocycles. The van der Waals surface area contributed by atoms with Crippen molar-refractivity contribution in [1.29, 1.82) is 0 Å². The number of rotatable bonds is 6. The van der Waals surface area contributed by atoms with Crippen LogP contribution >= 0.6 is 11.3 Å². The molecular weight excluding hydrogens is 310 g/mol. The van der Waals surface area contributed by atoms with Crippen LogP contribution in [0.15, 0.2) is 63.8 Å². The van der Waals surface area contributed by atoms with Crippen molar-refractivity contribution in [3.63, 3.8) is 0 Å². The molecule has 0 aliphatic heterocycles. The first-order valence-corrected chi connectivity index (χ1v) is 8.10. The highest BCUT2D eigenvalue weighted by Crippen LogP contribution is 2.17. The molecule has 0 aromatic carbocycles. The van der Waals surface area contributed by atoms with Gasteiger partial charge in [0, 0.05) is 15.8 Å². The molecule has 4 nitrogen and oxygen atoms in total. The van der Waals surface area contributed by atoms with E-state index in [1.165, 1.54) is 4.88 Å². The summed E-state index contributed by atoms with van der Waals surface area (Å²) in [6, 6.07) is 11.4. The van der Waals surface area contributed by atoms with E-state index in [0.717, 1.165) is 16.4 Å². The summed E-state index contributed by atoms with van der Waals surface area (Å²) < 4.78 is 10.7. The second kappa shape index (κ2) is 7.15. The van der Waals surface area contributed by atoms with Crippen molar-refractivity contribution in [3.05, 3.63) is 76.3 Å². The highest BCUT2D eigenvalue weighted by atomic mass is 32.1. The normalized spacial score (nSPS) is 11.2. The molecule has 1 amide bonds. The van der Waals surface area contributed by atoms with Gasteiger partial charge in [0.25, 0.3) is 0 Å². The summed E-state index contributed by atoms with van der Waals surface area (Å²) in [4.78, 5) is 16.5. The molecule has 0 saturated heterocycles. The minimum Gasteiger partial charge on any atom is -0.467 e. The lowest BCUT2D eigenvalue weighted by atomic mass is 10.3. The van der Waals surface area contributed by atoms with E-state index >= 15 is 0 Å². The lowest BCUT2D eigenvalue weighted by Gasteiger charge is -2.18. The molecule has 0 aliphatic carbocycles. The Morgan fingerprint density at radius 1 is 1.09 bits per heavy atom. The van der Waals surface area contributed by atoms with Crippen LogP contribution in [0.5, 0.6) is 0 Å². The van der Waals surface area contributed by atoms with Crippen LogP contribution in [0.25, 0.3) is 6.08 Å². The number of hydrogen-bond donors (Lipinski definition) is 0. The zero-order chi connectivity index (χ0) is 16.1. The van der Waals surface area contributed by atoms with Crippen LogP contribution in [0.1, 0.15) is 21.3 Å². The van der Waals surface area contributed by atoms with Gasteiger partial charge in [-0.15, -0.1) is 11.3 Å². The summed E-state index contributed by atoms with van der Waals surface area (Å²) in [7, 11) is 0. The Hall–Kier alpha value is -2.53. The van der Waals surface area contributed by atoms with Gasteiger partial charge in [-0.05, 0) is 49.4 Å². The van der Waals surface area contributed by atoms with Crippen molar-refractivity contribution in [2.24, 2.45) is 0 Å². The van der Waals surface area contributed by atoms with Gasteiger partial charge in [-0.25, -0.2) is 0 Å². The molecule has 5 heteroatoms. The van der Waals surface area contributed by atoms with E-state index in [2.05, 4.69) is 0 Å². The predicted octanol–water partition coefficient (Wildman–Crippen LogP) is 4.48. The van der Waals surface area contributed by atoms with E-state index in [1.54, 1.807) is 34.8 Å². The van der Waals surface area contributed by atoms with E-state index in [0.29, 0.717) is 13.1 Å². The van der Waals surface area contributed by atoms with Crippen LogP contribution in [0, 0.1) is 6.92 Å². The number of thiophene rings is 1. The maximum absolute atomic E-state index is 12.5. The predicted molar refractivity (Wildman–Crippen MR) is 89.8 cm³/mol. The number of carbonyl (C=O) groups excluding carboxylic acids is 1. The average Bonchev–Trinajstić information content (AvgIpc) is 3.27. The Morgan fingerprint density at radius 3 is 2.22 bits per heavy atom. The molecule has 0 spiro atoms. The van der Waals surface area contributed by atoms with Crippen LogP contribution in [-0.2, 0) is 17.9 Å². The molecule has 3 aromatic rings. The zero-order valence-corrected chi connectivity index (χ0v) is 13.6. The maximum atomic E-state index is 12.5. The minimum atomic E-state index is -0.0798. The smallest absolute Gasteiger partial charge is 0.247 e. The Labute approximate surface area is 138 Å². The molecular formula is C18H17NO3S. The van der Waals surface area contributed by atoms with Crippen LogP contribution < -0.4 is 0 Å². The van der Waals surface area contributed by atoms with Crippen molar-refractivity contribution < 1.29 is 13.6 Å². The number of aryl methyl sites for hydroxylation is 1. The van der Waals surface area contributed by atoms with Gasteiger partial charge >= 0.3 is 0 Å². The Balaban J connectivity index is 1.73. The Kier molecular flexibility index (Phi) is 4.78. The van der Waals surface area contributed by atoms with Crippen LogP contribution in [0.3, 0.4) is 0 Å². The third-order valence-corrected chi connectivity index (χ3v) is 4.28. The number of nitrogens with zero attached hydrogens (tertiary/aromatic N) is 1. The summed E-state index contributed by atoms with van der Waals surface area (Å²) in [5.41, 5.74) is 0. The van der Waals surface area contributed by atoms with E-state index < -0.39 is 0 Å². The van der Waals surface area contributed by atoms with E-state index in [1.807, 2.05) is 49.4 Å². The van der Waals surface area contributed by atoms with Gasteiger partial charge in [-0.3, -0.25) is 4.79 Å². The van der Waals surface area contributed by atoms with Gasteiger partial charge < -0.3 is 13.7 Å². The highest BCUT2D eigenvalue weighted by Gasteiger charge is 2.15. The molecule has 118 valence electrons. The molecule has 0 N–H and O–H groups in total. The molecule has 0 radical (unpaired) electrons. The molecule has 0 fully saturated rings. The van der Waals surface area contributed by atoms with Crippen molar-refractivity contribution >= 4 is 23.3 Å². The molecule has 0 unspecified atom stereocenters. The van der Waals surface area contributed by atoms with Crippen molar-refractivity contribution in [3.8, 4) is 0 Å². The second-order valence-electron chi connectivity index (χ2n) is 5.13. The van der Waals surface area contributed by atoms with Gasteiger partial charge in [-0.1, -0.05) is 0 Å². The van der Waals surface area contributed by atoms with Gasteiger partial charge in [0.15, 0.2) is 0 Å². The van der Waals surface area contributed by atoms with Crippen LogP contribution in [0.4, 0.5) is 0 Å². The lowest BCUT2D eigenvalue weighted by Crippen LogP contribution is -2.28. The molecule has 23 heavy (non-hydrogen) atoms. The molecule has 3 heterocycles. The first kappa shape index (κ1) is 15.4.